The Labute approximate surface area is 50.2 Å². The third-order valence-electron chi connectivity index (χ3n) is 0.820. The third kappa shape index (κ3) is 3.87. The molecule has 0 aromatic heterocycles. The number of allylic oxidation sites excluding steroid dienone is 1. The third-order valence-corrected chi connectivity index (χ3v) is 1.22. The lowest BCUT2D eigenvalue weighted by molar-refractivity contribution is 0.822. The Morgan fingerprint density at radius 1 is 1.86 bits per heavy atom. The van der Waals surface area contributed by atoms with Gasteiger partial charge in [0.05, 0.1) is 5.38 Å². The molecule has 0 aliphatic rings. The Morgan fingerprint density at radius 3 is 2.57 bits per heavy atom. The average Bonchev–Trinajstić information content (AvgIpc) is 1.68. The molecule has 0 amide bonds. The van der Waals surface area contributed by atoms with Crippen LogP contribution in [0.5, 0.6) is 0 Å². The van der Waals surface area contributed by atoms with E-state index in [0.717, 1.165) is 12.8 Å². The Morgan fingerprint density at radius 2 is 2.43 bits per heavy atom. The molecule has 0 saturated heterocycles. The summed E-state index contributed by atoms with van der Waals surface area (Å²) in [7, 11) is 0. The summed E-state index contributed by atoms with van der Waals surface area (Å²) >= 11 is 5.65. The molecule has 1 atom stereocenters. The van der Waals surface area contributed by atoms with Gasteiger partial charge in [0.1, 0.15) is 0 Å². The van der Waals surface area contributed by atoms with Crippen LogP contribution in [0.2, 0.25) is 0 Å². The number of rotatable bonds is 3. The molecule has 0 nitrogen and oxygen atoms in total. The first kappa shape index (κ1) is 7.03. The first-order valence-corrected chi connectivity index (χ1v) is 3.01. The molecule has 0 aromatic rings. The van der Waals surface area contributed by atoms with Crippen molar-refractivity contribution in [2.24, 2.45) is 0 Å². The van der Waals surface area contributed by atoms with Gasteiger partial charge in [0.25, 0.3) is 0 Å². The highest BCUT2D eigenvalue weighted by Gasteiger charge is 1.91. The second kappa shape index (κ2) is 4.20. The summed E-state index contributed by atoms with van der Waals surface area (Å²) in [6.07, 6.45) is 3.95. The second-order valence-corrected chi connectivity index (χ2v) is 2.10. The monoisotopic (exact) mass is 118 g/mol. The number of hydrogen-bond donors (Lipinski definition) is 0. The van der Waals surface area contributed by atoms with Gasteiger partial charge in [0, 0.05) is 0 Å². The van der Waals surface area contributed by atoms with Gasteiger partial charge in [0.2, 0.25) is 0 Å². The molecular formula is C6H11Cl. The molecule has 0 aliphatic heterocycles. The van der Waals surface area contributed by atoms with Gasteiger partial charge in [-0.25, -0.2) is 0 Å². The first-order chi connectivity index (χ1) is 3.31. The lowest BCUT2D eigenvalue weighted by Crippen LogP contribution is -1.88. The van der Waals surface area contributed by atoms with Crippen LogP contribution in [-0.4, -0.2) is 5.38 Å². The SMILES string of the molecule is C=C[C@@H](Cl)CCC. The zero-order valence-corrected chi connectivity index (χ0v) is 5.41. The molecule has 0 aromatic carbocycles. The predicted molar refractivity (Wildman–Crippen MR) is 34.7 cm³/mol. The van der Waals surface area contributed by atoms with Crippen molar-refractivity contribution in [3.63, 3.8) is 0 Å². The average molecular weight is 119 g/mol. The summed E-state index contributed by atoms with van der Waals surface area (Å²) in [5, 5.41) is 0.185. The van der Waals surface area contributed by atoms with Crippen LogP contribution in [0.4, 0.5) is 0 Å². The van der Waals surface area contributed by atoms with Crippen LogP contribution in [0.1, 0.15) is 19.8 Å². The summed E-state index contributed by atoms with van der Waals surface area (Å²) in [6, 6.07) is 0. The zero-order valence-electron chi connectivity index (χ0n) is 4.65. The predicted octanol–water partition coefficient (Wildman–Crippen LogP) is 2.58. The molecule has 7 heavy (non-hydrogen) atoms. The van der Waals surface area contributed by atoms with Gasteiger partial charge < -0.3 is 0 Å². The van der Waals surface area contributed by atoms with Crippen molar-refractivity contribution in [3.8, 4) is 0 Å². The largest absolute Gasteiger partial charge is 0.118 e. The molecule has 0 rings (SSSR count). The van der Waals surface area contributed by atoms with Gasteiger partial charge >= 0.3 is 0 Å². The maximum Gasteiger partial charge on any atom is 0.0513 e. The highest BCUT2D eigenvalue weighted by molar-refractivity contribution is 6.21. The highest BCUT2D eigenvalue weighted by Crippen LogP contribution is 2.03. The smallest absolute Gasteiger partial charge is 0.0513 e. The van der Waals surface area contributed by atoms with Gasteiger partial charge in [-0.2, -0.15) is 0 Å². The van der Waals surface area contributed by atoms with E-state index in [1.165, 1.54) is 0 Å². The van der Waals surface area contributed by atoms with E-state index in [2.05, 4.69) is 13.5 Å². The fourth-order valence-electron chi connectivity index (χ4n) is 0.394. The van der Waals surface area contributed by atoms with Crippen molar-refractivity contribution in [1.29, 1.82) is 0 Å². The van der Waals surface area contributed by atoms with E-state index in [4.69, 9.17) is 11.6 Å². The van der Waals surface area contributed by atoms with Crippen LogP contribution >= 0.6 is 11.6 Å². The number of alkyl halides is 1. The quantitative estimate of drug-likeness (QED) is 0.395. The van der Waals surface area contributed by atoms with E-state index in [9.17, 15) is 0 Å². The Kier molecular flexibility index (Phi) is 4.21. The van der Waals surface area contributed by atoms with Crippen LogP contribution in [0.15, 0.2) is 12.7 Å². The Bertz CT molecular complexity index is 50.1. The molecule has 0 aliphatic carbocycles. The van der Waals surface area contributed by atoms with Gasteiger partial charge in [-0.1, -0.05) is 19.4 Å². The summed E-state index contributed by atoms with van der Waals surface area (Å²) in [6.45, 7) is 5.66. The molecule has 0 N–H and O–H groups in total. The molecule has 0 heterocycles. The lowest BCUT2D eigenvalue weighted by atomic mass is 10.2. The normalized spacial score (nSPS) is 13.4. The van der Waals surface area contributed by atoms with Crippen LogP contribution < -0.4 is 0 Å². The Hall–Kier alpha value is 0.0300. The topological polar surface area (TPSA) is 0 Å². The summed E-state index contributed by atoms with van der Waals surface area (Å²) in [4.78, 5) is 0. The van der Waals surface area contributed by atoms with Crippen molar-refractivity contribution >= 4 is 11.6 Å². The maximum absolute atomic E-state index is 5.65. The van der Waals surface area contributed by atoms with Crippen LogP contribution in [0, 0.1) is 0 Å². The maximum atomic E-state index is 5.65. The molecule has 0 bridgehead atoms. The standard InChI is InChI=1S/C6H11Cl/c1-3-5-6(7)4-2/h4,6H,2-3,5H2,1H3/t6-/m1/s1. The minimum Gasteiger partial charge on any atom is -0.118 e. The fourth-order valence-corrected chi connectivity index (χ4v) is 0.612. The van der Waals surface area contributed by atoms with E-state index in [0.29, 0.717) is 0 Å². The molecule has 0 spiro atoms. The summed E-state index contributed by atoms with van der Waals surface area (Å²) in [5.41, 5.74) is 0. The van der Waals surface area contributed by atoms with Gasteiger partial charge in [-0.3, -0.25) is 0 Å². The minimum atomic E-state index is 0.185. The molecule has 0 fully saturated rings. The van der Waals surface area contributed by atoms with Crippen molar-refractivity contribution in [1.82, 2.24) is 0 Å². The summed E-state index contributed by atoms with van der Waals surface area (Å²) in [5.74, 6) is 0. The summed E-state index contributed by atoms with van der Waals surface area (Å²) < 4.78 is 0. The first-order valence-electron chi connectivity index (χ1n) is 2.58. The number of halogens is 1. The van der Waals surface area contributed by atoms with Crippen molar-refractivity contribution in [3.05, 3.63) is 12.7 Å². The highest BCUT2D eigenvalue weighted by atomic mass is 35.5. The Balaban J connectivity index is 2.98. The van der Waals surface area contributed by atoms with Gasteiger partial charge in [-0.15, -0.1) is 18.2 Å². The second-order valence-electron chi connectivity index (χ2n) is 1.54. The van der Waals surface area contributed by atoms with Crippen molar-refractivity contribution in [2.75, 3.05) is 0 Å². The van der Waals surface area contributed by atoms with Crippen LogP contribution in [0.3, 0.4) is 0 Å². The van der Waals surface area contributed by atoms with E-state index >= 15 is 0 Å². The fraction of sp³-hybridized carbons (Fsp3) is 0.667. The minimum absolute atomic E-state index is 0.185. The van der Waals surface area contributed by atoms with E-state index < -0.39 is 0 Å². The van der Waals surface area contributed by atoms with Crippen molar-refractivity contribution < 1.29 is 0 Å². The van der Waals surface area contributed by atoms with E-state index in [1.807, 2.05) is 0 Å². The van der Waals surface area contributed by atoms with Crippen LogP contribution in [-0.2, 0) is 0 Å². The van der Waals surface area contributed by atoms with E-state index in [-0.39, 0.29) is 5.38 Å². The lowest BCUT2D eigenvalue weighted by Gasteiger charge is -1.95. The zero-order chi connectivity index (χ0) is 5.70. The van der Waals surface area contributed by atoms with E-state index in [1.54, 1.807) is 6.08 Å². The van der Waals surface area contributed by atoms with Gasteiger partial charge in [0.15, 0.2) is 0 Å². The molecule has 0 radical (unpaired) electrons. The molecule has 1 heteroatoms. The van der Waals surface area contributed by atoms with Gasteiger partial charge in [-0.05, 0) is 6.42 Å². The molecule has 42 valence electrons. The molecule has 0 unspecified atom stereocenters. The molecular weight excluding hydrogens is 108 g/mol. The van der Waals surface area contributed by atoms with Crippen LogP contribution in [0.25, 0.3) is 0 Å². The number of hydrogen-bond acceptors (Lipinski definition) is 0. The molecule has 0 saturated carbocycles. The van der Waals surface area contributed by atoms with Crippen molar-refractivity contribution in [2.45, 2.75) is 25.1 Å².